The summed E-state index contributed by atoms with van der Waals surface area (Å²) < 4.78 is 14.8. The summed E-state index contributed by atoms with van der Waals surface area (Å²) in [6, 6.07) is 14.3. The Morgan fingerprint density at radius 3 is 2.68 bits per heavy atom. The molecule has 0 aliphatic rings. The van der Waals surface area contributed by atoms with Crippen LogP contribution in [0.15, 0.2) is 60.8 Å². The molecule has 3 rings (SSSR count). The van der Waals surface area contributed by atoms with Crippen molar-refractivity contribution in [2.75, 3.05) is 5.32 Å². The van der Waals surface area contributed by atoms with Crippen LogP contribution in [0.3, 0.4) is 0 Å². The highest BCUT2D eigenvalue weighted by atomic mass is 35.5. The van der Waals surface area contributed by atoms with Gasteiger partial charge in [-0.1, -0.05) is 61.8 Å². The van der Waals surface area contributed by atoms with Crippen LogP contribution < -0.4 is 5.32 Å². The molecule has 0 unspecified atom stereocenters. The van der Waals surface area contributed by atoms with E-state index in [0.717, 1.165) is 11.1 Å². The van der Waals surface area contributed by atoms with Crippen molar-refractivity contribution in [3.05, 3.63) is 88.3 Å². The molecule has 28 heavy (non-hydrogen) atoms. The standard InChI is InChI=1S/C22H21ClFN3O/c1-15(2)18-9-6-16(7-10-18)8-11-21(28)25-22-20(23)14-27(26-22)13-17-4-3-5-19(24)12-17/h3-12,14-15H,13H2,1-2H3,(H,25,26,28)/b11-8+. The summed E-state index contributed by atoms with van der Waals surface area (Å²) in [5.41, 5.74) is 2.93. The van der Waals surface area contributed by atoms with Gasteiger partial charge in [-0.05, 0) is 40.8 Å². The Morgan fingerprint density at radius 1 is 1.25 bits per heavy atom. The molecule has 0 bridgehead atoms. The minimum absolute atomic E-state index is 0.267. The van der Waals surface area contributed by atoms with Gasteiger partial charge in [0, 0.05) is 12.3 Å². The summed E-state index contributed by atoms with van der Waals surface area (Å²) in [7, 11) is 0. The van der Waals surface area contributed by atoms with E-state index in [4.69, 9.17) is 11.6 Å². The van der Waals surface area contributed by atoms with E-state index in [9.17, 15) is 9.18 Å². The molecule has 0 spiro atoms. The van der Waals surface area contributed by atoms with Crippen LogP contribution in [0.1, 0.15) is 36.5 Å². The zero-order valence-electron chi connectivity index (χ0n) is 15.7. The number of halogens is 2. The van der Waals surface area contributed by atoms with Crippen LogP contribution in [0.4, 0.5) is 10.2 Å². The average molecular weight is 398 g/mol. The van der Waals surface area contributed by atoms with Gasteiger partial charge < -0.3 is 5.32 Å². The topological polar surface area (TPSA) is 46.9 Å². The van der Waals surface area contributed by atoms with Gasteiger partial charge in [0.15, 0.2) is 5.82 Å². The monoisotopic (exact) mass is 397 g/mol. The molecule has 0 aliphatic heterocycles. The summed E-state index contributed by atoms with van der Waals surface area (Å²) in [6.45, 7) is 4.62. The third-order valence-electron chi connectivity index (χ3n) is 4.22. The Balaban J connectivity index is 1.63. The number of rotatable bonds is 6. The number of benzene rings is 2. The molecule has 2 aromatic carbocycles. The number of amides is 1. The molecule has 1 heterocycles. The largest absolute Gasteiger partial charge is 0.304 e. The lowest BCUT2D eigenvalue weighted by Gasteiger charge is -2.04. The number of carbonyl (C=O) groups is 1. The number of nitrogens with one attached hydrogen (secondary N) is 1. The van der Waals surface area contributed by atoms with Gasteiger partial charge in [0.2, 0.25) is 5.91 Å². The molecule has 0 atom stereocenters. The van der Waals surface area contributed by atoms with E-state index in [-0.39, 0.29) is 17.5 Å². The average Bonchev–Trinajstić information content (AvgIpc) is 2.99. The Kier molecular flexibility index (Phi) is 6.26. The second kappa shape index (κ2) is 8.85. The fraction of sp³-hybridized carbons (Fsp3) is 0.182. The number of hydrogen-bond donors (Lipinski definition) is 1. The summed E-state index contributed by atoms with van der Waals surface area (Å²) in [5, 5.41) is 7.24. The maximum absolute atomic E-state index is 13.3. The van der Waals surface area contributed by atoms with Crippen molar-refractivity contribution < 1.29 is 9.18 Å². The summed E-state index contributed by atoms with van der Waals surface area (Å²) in [6.07, 6.45) is 4.76. The first-order chi connectivity index (χ1) is 13.4. The second-order valence-corrected chi connectivity index (χ2v) is 7.20. The third kappa shape index (κ3) is 5.30. The Bertz CT molecular complexity index is 993. The zero-order chi connectivity index (χ0) is 20.1. The second-order valence-electron chi connectivity index (χ2n) is 6.80. The third-order valence-corrected chi connectivity index (χ3v) is 4.50. The van der Waals surface area contributed by atoms with Gasteiger partial charge in [-0.25, -0.2) is 4.39 Å². The number of anilines is 1. The number of nitrogens with zero attached hydrogens (tertiary/aromatic N) is 2. The van der Waals surface area contributed by atoms with Gasteiger partial charge in [0.05, 0.1) is 6.54 Å². The highest BCUT2D eigenvalue weighted by Crippen LogP contribution is 2.20. The van der Waals surface area contributed by atoms with Gasteiger partial charge in [-0.15, -0.1) is 0 Å². The van der Waals surface area contributed by atoms with E-state index in [1.165, 1.54) is 23.8 Å². The Labute approximate surface area is 168 Å². The van der Waals surface area contributed by atoms with Gasteiger partial charge in [-0.2, -0.15) is 5.10 Å². The molecular formula is C22H21ClFN3O. The molecule has 0 aliphatic carbocycles. The molecule has 1 N–H and O–H groups in total. The zero-order valence-corrected chi connectivity index (χ0v) is 16.4. The van der Waals surface area contributed by atoms with Gasteiger partial charge in [-0.3, -0.25) is 9.48 Å². The first-order valence-corrected chi connectivity index (χ1v) is 9.35. The highest BCUT2D eigenvalue weighted by molar-refractivity contribution is 6.33. The molecule has 0 saturated heterocycles. The molecule has 3 aromatic rings. The van der Waals surface area contributed by atoms with Crippen LogP contribution in [-0.2, 0) is 11.3 Å². The van der Waals surface area contributed by atoms with Crippen LogP contribution in [0.2, 0.25) is 5.02 Å². The number of aromatic nitrogens is 2. The van der Waals surface area contributed by atoms with Gasteiger partial charge >= 0.3 is 0 Å². The van der Waals surface area contributed by atoms with Crippen molar-refractivity contribution in [1.82, 2.24) is 9.78 Å². The lowest BCUT2D eigenvalue weighted by atomic mass is 10.0. The fourth-order valence-corrected chi connectivity index (χ4v) is 2.91. The van der Waals surface area contributed by atoms with E-state index in [2.05, 4.69) is 24.3 Å². The van der Waals surface area contributed by atoms with Gasteiger partial charge in [0.1, 0.15) is 10.8 Å². The van der Waals surface area contributed by atoms with E-state index in [1.807, 2.05) is 24.3 Å². The molecular weight excluding hydrogens is 377 g/mol. The molecule has 1 amide bonds. The molecule has 1 aromatic heterocycles. The summed E-state index contributed by atoms with van der Waals surface area (Å²) in [4.78, 5) is 12.2. The van der Waals surface area contributed by atoms with Crippen LogP contribution in [0, 0.1) is 5.82 Å². The van der Waals surface area contributed by atoms with Crippen LogP contribution in [-0.4, -0.2) is 15.7 Å². The van der Waals surface area contributed by atoms with Crippen molar-refractivity contribution in [1.29, 1.82) is 0 Å². The normalized spacial score (nSPS) is 11.3. The molecule has 0 saturated carbocycles. The summed E-state index contributed by atoms with van der Waals surface area (Å²) >= 11 is 6.15. The maximum Gasteiger partial charge on any atom is 0.249 e. The smallest absolute Gasteiger partial charge is 0.249 e. The van der Waals surface area contributed by atoms with E-state index >= 15 is 0 Å². The van der Waals surface area contributed by atoms with Crippen LogP contribution >= 0.6 is 11.6 Å². The highest BCUT2D eigenvalue weighted by Gasteiger charge is 2.10. The Hall–Kier alpha value is -2.92. The first kappa shape index (κ1) is 19.8. The van der Waals surface area contributed by atoms with Crippen molar-refractivity contribution in [3.8, 4) is 0 Å². The summed E-state index contributed by atoms with van der Waals surface area (Å²) in [5.74, 6) is 0.0931. The lowest BCUT2D eigenvalue weighted by Crippen LogP contribution is -2.09. The van der Waals surface area contributed by atoms with Crippen molar-refractivity contribution in [3.63, 3.8) is 0 Å². The van der Waals surface area contributed by atoms with E-state index in [1.54, 1.807) is 29.1 Å². The van der Waals surface area contributed by atoms with Crippen molar-refractivity contribution >= 4 is 29.4 Å². The Morgan fingerprint density at radius 2 is 2.00 bits per heavy atom. The van der Waals surface area contributed by atoms with E-state index in [0.29, 0.717) is 17.5 Å². The predicted molar refractivity (Wildman–Crippen MR) is 111 cm³/mol. The lowest BCUT2D eigenvalue weighted by molar-refractivity contribution is -0.111. The maximum atomic E-state index is 13.3. The van der Waals surface area contributed by atoms with Crippen molar-refractivity contribution in [2.45, 2.75) is 26.3 Å². The van der Waals surface area contributed by atoms with E-state index < -0.39 is 0 Å². The quantitative estimate of drug-likeness (QED) is 0.558. The molecule has 0 fully saturated rings. The predicted octanol–water partition coefficient (Wildman–Crippen LogP) is 5.50. The molecule has 0 radical (unpaired) electrons. The fourth-order valence-electron chi connectivity index (χ4n) is 2.71. The number of hydrogen-bond acceptors (Lipinski definition) is 2. The minimum Gasteiger partial charge on any atom is -0.304 e. The molecule has 4 nitrogen and oxygen atoms in total. The first-order valence-electron chi connectivity index (χ1n) is 8.97. The minimum atomic E-state index is -0.328. The number of carbonyl (C=O) groups excluding carboxylic acids is 1. The SMILES string of the molecule is CC(C)c1ccc(/C=C/C(=O)Nc2nn(Cc3cccc(F)c3)cc2Cl)cc1. The van der Waals surface area contributed by atoms with Crippen LogP contribution in [0.25, 0.3) is 6.08 Å². The molecule has 144 valence electrons. The van der Waals surface area contributed by atoms with Gasteiger partial charge in [0.25, 0.3) is 0 Å². The van der Waals surface area contributed by atoms with Crippen LogP contribution in [0.5, 0.6) is 0 Å². The van der Waals surface area contributed by atoms with Crippen molar-refractivity contribution in [2.24, 2.45) is 0 Å². The molecule has 6 heteroatoms.